The maximum Gasteiger partial charge on any atom is 0.245 e. The summed E-state index contributed by atoms with van der Waals surface area (Å²) in [5.41, 5.74) is 4.86. The molecule has 0 spiro atoms. The normalized spacial score (nSPS) is 19.6. The van der Waals surface area contributed by atoms with Crippen LogP contribution in [-0.2, 0) is 14.8 Å². The predicted molar refractivity (Wildman–Crippen MR) is 139 cm³/mol. The monoisotopic (exact) mass is 518 g/mol. The van der Waals surface area contributed by atoms with E-state index < -0.39 is 16.1 Å². The van der Waals surface area contributed by atoms with E-state index in [1.54, 1.807) is 35.8 Å². The summed E-state index contributed by atoms with van der Waals surface area (Å²) in [6.45, 7) is 2.61. The van der Waals surface area contributed by atoms with E-state index in [1.807, 2.05) is 36.4 Å². The number of anilines is 3. The van der Waals surface area contributed by atoms with Crippen molar-refractivity contribution >= 4 is 38.6 Å². The SMILES string of the molecule is CC(=O)C1CNc2cc(Nc3ncc4ccc(-c5cccc(S(=O)(=O)N6CC[C@H](O)C6)c5)n4n3)ccc21. The molecular weight excluding hydrogens is 492 g/mol. The quantitative estimate of drug-likeness (QED) is 0.355. The Bertz CT molecular complexity index is 1630. The van der Waals surface area contributed by atoms with Crippen LogP contribution in [0.5, 0.6) is 0 Å². The molecule has 11 heteroatoms. The summed E-state index contributed by atoms with van der Waals surface area (Å²) in [4.78, 5) is 16.5. The number of nitrogens with zero attached hydrogens (tertiary/aromatic N) is 4. The van der Waals surface area contributed by atoms with Crippen molar-refractivity contribution in [1.29, 1.82) is 0 Å². The number of aromatic nitrogens is 3. The van der Waals surface area contributed by atoms with Crippen molar-refractivity contribution in [2.45, 2.75) is 30.3 Å². The molecule has 37 heavy (non-hydrogen) atoms. The van der Waals surface area contributed by atoms with Gasteiger partial charge >= 0.3 is 0 Å². The molecule has 0 amide bonds. The summed E-state index contributed by atoms with van der Waals surface area (Å²) in [7, 11) is -3.71. The molecular formula is C26H26N6O4S. The maximum absolute atomic E-state index is 13.1. The fourth-order valence-electron chi connectivity index (χ4n) is 4.98. The van der Waals surface area contributed by atoms with Crippen LogP contribution in [0, 0.1) is 0 Å². The molecule has 3 N–H and O–H groups in total. The molecule has 2 atom stereocenters. The third kappa shape index (κ3) is 4.24. The number of nitrogens with one attached hydrogen (secondary N) is 2. The number of carbonyl (C=O) groups excluding carboxylic acids is 1. The van der Waals surface area contributed by atoms with Crippen LogP contribution in [0.1, 0.15) is 24.8 Å². The van der Waals surface area contributed by atoms with E-state index in [4.69, 9.17) is 0 Å². The van der Waals surface area contributed by atoms with Gasteiger partial charge in [0.2, 0.25) is 16.0 Å². The number of benzene rings is 2. The number of aliphatic hydroxyl groups excluding tert-OH is 1. The second kappa shape index (κ2) is 8.94. The molecule has 10 nitrogen and oxygen atoms in total. The molecule has 2 aromatic carbocycles. The van der Waals surface area contributed by atoms with Gasteiger partial charge in [0.05, 0.1) is 34.3 Å². The van der Waals surface area contributed by atoms with Crippen molar-refractivity contribution in [3.05, 3.63) is 66.4 Å². The Morgan fingerprint density at radius 2 is 2.03 bits per heavy atom. The van der Waals surface area contributed by atoms with Crippen molar-refractivity contribution in [3.63, 3.8) is 0 Å². The second-order valence-electron chi connectivity index (χ2n) is 9.44. The molecule has 0 radical (unpaired) electrons. The summed E-state index contributed by atoms with van der Waals surface area (Å²) >= 11 is 0. The number of Topliss-reactive ketones (excluding diaryl/α,β-unsaturated/α-hetero) is 1. The van der Waals surface area contributed by atoms with Crippen molar-refractivity contribution in [3.8, 4) is 11.3 Å². The molecule has 2 aromatic heterocycles. The van der Waals surface area contributed by atoms with Gasteiger partial charge in [0.1, 0.15) is 5.78 Å². The predicted octanol–water partition coefficient (Wildman–Crippen LogP) is 2.99. The van der Waals surface area contributed by atoms with Gasteiger partial charge in [-0.1, -0.05) is 18.2 Å². The Hall–Kier alpha value is -3.80. The Morgan fingerprint density at radius 3 is 2.81 bits per heavy atom. The number of sulfonamides is 1. The number of carbonyl (C=O) groups is 1. The van der Waals surface area contributed by atoms with E-state index in [-0.39, 0.29) is 23.1 Å². The Labute approximate surface area is 214 Å². The van der Waals surface area contributed by atoms with Crippen molar-refractivity contribution in [2.75, 3.05) is 30.3 Å². The van der Waals surface area contributed by atoms with Crippen LogP contribution in [0.4, 0.5) is 17.3 Å². The molecule has 1 fully saturated rings. The Balaban J connectivity index is 1.30. The van der Waals surface area contributed by atoms with Gasteiger partial charge in [-0.2, -0.15) is 4.31 Å². The molecule has 4 aromatic rings. The highest BCUT2D eigenvalue weighted by Crippen LogP contribution is 2.34. The minimum atomic E-state index is -3.71. The maximum atomic E-state index is 13.1. The number of ketones is 1. The average Bonchev–Trinajstić information content (AvgIpc) is 3.62. The number of hydrogen-bond acceptors (Lipinski definition) is 8. The molecule has 1 unspecified atom stereocenters. The minimum absolute atomic E-state index is 0.108. The zero-order valence-corrected chi connectivity index (χ0v) is 20.9. The van der Waals surface area contributed by atoms with Gasteiger partial charge in [-0.3, -0.25) is 4.79 Å². The lowest BCUT2D eigenvalue weighted by molar-refractivity contribution is -0.118. The van der Waals surface area contributed by atoms with Crippen LogP contribution in [0.2, 0.25) is 0 Å². The van der Waals surface area contributed by atoms with Gasteiger partial charge in [0.25, 0.3) is 0 Å². The van der Waals surface area contributed by atoms with Crippen LogP contribution in [0.15, 0.2) is 65.7 Å². The van der Waals surface area contributed by atoms with Gasteiger partial charge in [0.15, 0.2) is 0 Å². The summed E-state index contributed by atoms with van der Waals surface area (Å²) in [5, 5.41) is 20.9. The van der Waals surface area contributed by atoms with Crippen LogP contribution in [-0.4, -0.2) is 63.9 Å². The first-order valence-electron chi connectivity index (χ1n) is 12.1. The van der Waals surface area contributed by atoms with Gasteiger partial charge in [-0.15, -0.1) is 5.10 Å². The highest BCUT2D eigenvalue weighted by Gasteiger charge is 2.32. The molecule has 1 saturated heterocycles. The summed E-state index contributed by atoms with van der Waals surface area (Å²) in [6, 6.07) is 16.3. The van der Waals surface area contributed by atoms with Crippen LogP contribution < -0.4 is 10.6 Å². The fourth-order valence-corrected chi connectivity index (χ4v) is 6.51. The van der Waals surface area contributed by atoms with Crippen molar-refractivity contribution in [1.82, 2.24) is 18.9 Å². The van der Waals surface area contributed by atoms with Gasteiger partial charge < -0.3 is 15.7 Å². The summed E-state index contributed by atoms with van der Waals surface area (Å²) < 4.78 is 29.3. The van der Waals surface area contributed by atoms with E-state index in [1.165, 1.54) is 4.31 Å². The van der Waals surface area contributed by atoms with E-state index in [0.717, 1.165) is 28.1 Å². The molecule has 0 saturated carbocycles. The van der Waals surface area contributed by atoms with Crippen LogP contribution in [0.3, 0.4) is 0 Å². The topological polar surface area (TPSA) is 129 Å². The lowest BCUT2D eigenvalue weighted by Crippen LogP contribution is -2.29. The zero-order valence-electron chi connectivity index (χ0n) is 20.1. The standard InChI is InChI=1S/C26H26N6O4S/c1-16(33)23-14-27-24-12-18(5-7-22(23)24)29-26-28-13-19-6-8-25(32(19)30-26)17-3-2-4-21(11-17)37(35,36)31-10-9-20(34)15-31/h2-8,11-13,20,23,27,34H,9-10,14-15H2,1H3,(H,29,30)/t20-,23?/m0/s1. The second-order valence-corrected chi connectivity index (χ2v) is 11.4. The van der Waals surface area contributed by atoms with E-state index in [2.05, 4.69) is 20.7 Å². The van der Waals surface area contributed by atoms with Crippen molar-refractivity contribution < 1.29 is 18.3 Å². The number of β-amino-alcohol motifs (C(OH)–C–C–N with tert-alkyl or cyclic N) is 1. The first kappa shape index (κ1) is 23.6. The third-order valence-corrected chi connectivity index (χ3v) is 8.83. The Kier molecular flexibility index (Phi) is 5.70. The van der Waals surface area contributed by atoms with Gasteiger partial charge in [0, 0.05) is 36.6 Å². The minimum Gasteiger partial charge on any atom is -0.392 e. The average molecular weight is 519 g/mol. The first-order valence-corrected chi connectivity index (χ1v) is 13.5. The van der Waals surface area contributed by atoms with Crippen LogP contribution in [0.25, 0.3) is 16.8 Å². The summed E-state index contributed by atoms with van der Waals surface area (Å²) in [5.74, 6) is 0.380. The highest BCUT2D eigenvalue weighted by molar-refractivity contribution is 7.89. The van der Waals surface area contributed by atoms with Crippen molar-refractivity contribution in [2.24, 2.45) is 0 Å². The largest absolute Gasteiger partial charge is 0.392 e. The molecule has 2 aliphatic rings. The Morgan fingerprint density at radius 1 is 1.16 bits per heavy atom. The number of rotatable bonds is 6. The lowest BCUT2D eigenvalue weighted by atomic mass is 9.97. The molecule has 4 heterocycles. The number of hydrogen-bond donors (Lipinski definition) is 3. The highest BCUT2D eigenvalue weighted by atomic mass is 32.2. The van der Waals surface area contributed by atoms with Crippen LogP contribution >= 0.6 is 0 Å². The molecule has 0 bridgehead atoms. The number of fused-ring (bicyclic) bond motifs is 2. The number of aliphatic hydroxyl groups is 1. The third-order valence-electron chi connectivity index (χ3n) is 6.96. The molecule has 190 valence electrons. The van der Waals surface area contributed by atoms with E-state index in [9.17, 15) is 18.3 Å². The molecule has 0 aliphatic carbocycles. The lowest BCUT2D eigenvalue weighted by Gasteiger charge is -2.16. The summed E-state index contributed by atoms with van der Waals surface area (Å²) in [6.07, 6.45) is 1.50. The molecule has 6 rings (SSSR count). The van der Waals surface area contributed by atoms with Gasteiger partial charge in [-0.05, 0) is 55.3 Å². The van der Waals surface area contributed by atoms with E-state index >= 15 is 0 Å². The smallest absolute Gasteiger partial charge is 0.245 e. The van der Waals surface area contributed by atoms with E-state index in [0.29, 0.717) is 31.0 Å². The first-order chi connectivity index (χ1) is 17.8. The molecule has 2 aliphatic heterocycles. The zero-order chi connectivity index (χ0) is 25.7. The van der Waals surface area contributed by atoms with Gasteiger partial charge in [-0.25, -0.2) is 17.9 Å². The fraction of sp³-hybridized carbons (Fsp3) is 0.269.